The number of aliphatic hydroxyl groups excluding tert-OH is 1. The van der Waals surface area contributed by atoms with Crippen molar-refractivity contribution >= 4 is 10.8 Å². The Bertz CT molecular complexity index is 546. The second-order valence-corrected chi connectivity index (χ2v) is 6.39. The average molecular weight is 298 g/mol. The maximum Gasteiger partial charge on any atom is 0.0790 e. The summed E-state index contributed by atoms with van der Waals surface area (Å²) in [6.07, 6.45) is 11.1. The van der Waals surface area contributed by atoms with Crippen LogP contribution in [0.15, 0.2) is 42.5 Å². The van der Waals surface area contributed by atoms with Crippen molar-refractivity contribution < 1.29 is 5.11 Å². The number of hydrogen-bond donors (Lipinski definition) is 1. The first-order valence-corrected chi connectivity index (χ1v) is 8.98. The van der Waals surface area contributed by atoms with E-state index in [0.717, 1.165) is 18.4 Å². The predicted octanol–water partition coefficient (Wildman–Crippen LogP) is 6.40. The zero-order chi connectivity index (χ0) is 15.6. The van der Waals surface area contributed by atoms with Crippen molar-refractivity contribution in [3.63, 3.8) is 0 Å². The van der Waals surface area contributed by atoms with Crippen LogP contribution in [0.1, 0.15) is 76.4 Å². The molecule has 22 heavy (non-hydrogen) atoms. The van der Waals surface area contributed by atoms with Gasteiger partial charge in [0.15, 0.2) is 0 Å². The number of fused-ring (bicyclic) bond motifs is 1. The number of rotatable bonds is 10. The molecule has 1 N–H and O–H groups in total. The largest absolute Gasteiger partial charge is 0.388 e. The summed E-state index contributed by atoms with van der Waals surface area (Å²) in [6, 6.07) is 14.6. The quantitative estimate of drug-likeness (QED) is 0.503. The third-order valence-corrected chi connectivity index (χ3v) is 4.49. The molecule has 0 aliphatic carbocycles. The molecule has 1 atom stereocenters. The van der Waals surface area contributed by atoms with Crippen molar-refractivity contribution in [2.75, 3.05) is 0 Å². The highest BCUT2D eigenvalue weighted by molar-refractivity contribution is 5.83. The van der Waals surface area contributed by atoms with Crippen LogP contribution in [0.5, 0.6) is 0 Å². The van der Waals surface area contributed by atoms with Gasteiger partial charge in [0.1, 0.15) is 0 Å². The first-order chi connectivity index (χ1) is 10.8. The summed E-state index contributed by atoms with van der Waals surface area (Å²) in [5.41, 5.74) is 1.06. The topological polar surface area (TPSA) is 20.2 Å². The lowest BCUT2D eigenvalue weighted by Crippen LogP contribution is -1.97. The van der Waals surface area contributed by atoms with E-state index in [-0.39, 0.29) is 6.10 Å². The Labute approximate surface area is 135 Å². The van der Waals surface area contributed by atoms with Gasteiger partial charge in [-0.15, -0.1) is 0 Å². The number of aliphatic hydroxyl groups is 1. The van der Waals surface area contributed by atoms with E-state index in [1.807, 2.05) is 0 Å². The molecule has 0 unspecified atom stereocenters. The molecule has 2 aromatic rings. The molecule has 120 valence electrons. The molecular weight excluding hydrogens is 268 g/mol. The molecule has 0 amide bonds. The molecule has 0 saturated heterocycles. The van der Waals surface area contributed by atoms with Gasteiger partial charge in [-0.3, -0.25) is 0 Å². The van der Waals surface area contributed by atoms with Gasteiger partial charge >= 0.3 is 0 Å². The molecule has 0 bridgehead atoms. The lowest BCUT2D eigenvalue weighted by molar-refractivity contribution is 0.163. The third-order valence-electron chi connectivity index (χ3n) is 4.49. The van der Waals surface area contributed by atoms with E-state index in [1.54, 1.807) is 0 Å². The fraction of sp³-hybridized carbons (Fsp3) is 0.524. The fourth-order valence-electron chi connectivity index (χ4n) is 3.05. The molecular formula is C21H30O. The molecule has 2 aromatic carbocycles. The van der Waals surface area contributed by atoms with Crippen LogP contribution in [-0.2, 0) is 0 Å². The molecule has 0 fully saturated rings. The van der Waals surface area contributed by atoms with E-state index in [4.69, 9.17) is 0 Å². The first-order valence-electron chi connectivity index (χ1n) is 8.98. The molecule has 0 aromatic heterocycles. The van der Waals surface area contributed by atoms with Crippen molar-refractivity contribution in [3.8, 4) is 0 Å². The molecule has 0 saturated carbocycles. The van der Waals surface area contributed by atoms with Crippen molar-refractivity contribution in [1.29, 1.82) is 0 Å². The van der Waals surface area contributed by atoms with Gasteiger partial charge in [0.2, 0.25) is 0 Å². The second-order valence-electron chi connectivity index (χ2n) is 6.39. The Morgan fingerprint density at radius 3 is 2.14 bits per heavy atom. The monoisotopic (exact) mass is 298 g/mol. The maximum atomic E-state index is 10.4. The van der Waals surface area contributed by atoms with Gasteiger partial charge < -0.3 is 5.11 Å². The summed E-state index contributed by atoms with van der Waals surface area (Å²) in [5.74, 6) is 0. The summed E-state index contributed by atoms with van der Waals surface area (Å²) in [7, 11) is 0. The molecule has 0 radical (unpaired) electrons. The van der Waals surface area contributed by atoms with Crippen LogP contribution in [0, 0.1) is 0 Å². The Morgan fingerprint density at radius 1 is 0.773 bits per heavy atom. The van der Waals surface area contributed by atoms with Crippen LogP contribution < -0.4 is 0 Å². The lowest BCUT2D eigenvalue weighted by atomic mass is 9.99. The summed E-state index contributed by atoms with van der Waals surface area (Å²) in [6.45, 7) is 2.26. The van der Waals surface area contributed by atoms with E-state index >= 15 is 0 Å². The lowest BCUT2D eigenvalue weighted by Gasteiger charge is -2.12. The van der Waals surface area contributed by atoms with Gasteiger partial charge in [-0.05, 0) is 28.8 Å². The Morgan fingerprint density at radius 2 is 1.41 bits per heavy atom. The minimum absolute atomic E-state index is 0.315. The number of hydrogen-bond acceptors (Lipinski definition) is 1. The van der Waals surface area contributed by atoms with Gasteiger partial charge in [-0.1, -0.05) is 94.7 Å². The van der Waals surface area contributed by atoms with E-state index < -0.39 is 0 Å². The first kappa shape index (κ1) is 17.0. The standard InChI is InChI=1S/C21H30O/c1-2-3-4-5-6-7-8-9-14-21(22)20-16-15-18-12-10-11-13-19(18)17-20/h10-13,15-17,21-22H,2-9,14H2,1H3/t21-/m0/s1. The van der Waals surface area contributed by atoms with Crippen LogP contribution in [-0.4, -0.2) is 5.11 Å². The predicted molar refractivity (Wildman–Crippen MR) is 96.1 cm³/mol. The Kier molecular flexibility index (Phi) is 7.45. The van der Waals surface area contributed by atoms with Crippen LogP contribution in [0.4, 0.5) is 0 Å². The van der Waals surface area contributed by atoms with Gasteiger partial charge in [-0.2, -0.15) is 0 Å². The van der Waals surface area contributed by atoms with Crippen LogP contribution in [0.2, 0.25) is 0 Å². The number of benzene rings is 2. The summed E-state index contributed by atoms with van der Waals surface area (Å²) >= 11 is 0. The summed E-state index contributed by atoms with van der Waals surface area (Å²) < 4.78 is 0. The SMILES string of the molecule is CCCCCCCCCC[C@H](O)c1ccc2ccccc2c1. The Balaban J connectivity index is 1.69. The van der Waals surface area contributed by atoms with E-state index in [0.29, 0.717) is 0 Å². The second kappa shape index (κ2) is 9.63. The average Bonchev–Trinajstić information content (AvgIpc) is 2.56. The van der Waals surface area contributed by atoms with Gasteiger partial charge in [0, 0.05) is 0 Å². The summed E-state index contributed by atoms with van der Waals surface area (Å²) in [5, 5.41) is 12.8. The van der Waals surface area contributed by atoms with Crippen molar-refractivity contribution in [2.24, 2.45) is 0 Å². The third kappa shape index (κ3) is 5.46. The van der Waals surface area contributed by atoms with Crippen LogP contribution in [0.3, 0.4) is 0 Å². The normalized spacial score (nSPS) is 12.6. The molecule has 0 aliphatic heterocycles. The van der Waals surface area contributed by atoms with Crippen molar-refractivity contribution in [1.82, 2.24) is 0 Å². The molecule has 0 spiro atoms. The maximum absolute atomic E-state index is 10.4. The molecule has 1 nitrogen and oxygen atoms in total. The highest BCUT2D eigenvalue weighted by Crippen LogP contribution is 2.24. The highest BCUT2D eigenvalue weighted by Gasteiger charge is 2.07. The molecule has 0 heterocycles. The fourth-order valence-corrected chi connectivity index (χ4v) is 3.05. The zero-order valence-electron chi connectivity index (χ0n) is 13.9. The van der Waals surface area contributed by atoms with Crippen molar-refractivity contribution in [3.05, 3.63) is 48.0 Å². The molecule has 0 aliphatic rings. The van der Waals surface area contributed by atoms with E-state index in [9.17, 15) is 5.11 Å². The molecule has 2 rings (SSSR count). The van der Waals surface area contributed by atoms with Gasteiger partial charge in [0.05, 0.1) is 6.10 Å². The smallest absolute Gasteiger partial charge is 0.0790 e. The van der Waals surface area contributed by atoms with Crippen LogP contribution >= 0.6 is 0 Å². The zero-order valence-corrected chi connectivity index (χ0v) is 13.9. The number of unbranched alkanes of at least 4 members (excludes halogenated alkanes) is 7. The molecule has 1 heteroatoms. The van der Waals surface area contributed by atoms with Gasteiger partial charge in [-0.25, -0.2) is 0 Å². The minimum atomic E-state index is -0.315. The Hall–Kier alpha value is -1.34. The van der Waals surface area contributed by atoms with Crippen molar-refractivity contribution in [2.45, 2.75) is 70.8 Å². The highest BCUT2D eigenvalue weighted by atomic mass is 16.3. The van der Waals surface area contributed by atoms with E-state index in [2.05, 4.69) is 49.4 Å². The van der Waals surface area contributed by atoms with E-state index in [1.165, 1.54) is 55.7 Å². The van der Waals surface area contributed by atoms with Crippen LogP contribution in [0.25, 0.3) is 10.8 Å². The summed E-state index contributed by atoms with van der Waals surface area (Å²) in [4.78, 5) is 0. The van der Waals surface area contributed by atoms with Gasteiger partial charge in [0.25, 0.3) is 0 Å². The minimum Gasteiger partial charge on any atom is -0.388 e.